The Morgan fingerprint density at radius 2 is 1.83 bits per heavy atom. The lowest BCUT2D eigenvalue weighted by molar-refractivity contribution is 0.170. The van der Waals surface area contributed by atoms with Gasteiger partial charge in [0.25, 0.3) is 0 Å². The van der Waals surface area contributed by atoms with Crippen LogP contribution in [0.25, 0.3) is 0 Å². The summed E-state index contributed by atoms with van der Waals surface area (Å²) in [5, 5.41) is 0. The van der Waals surface area contributed by atoms with Crippen LogP contribution in [0.3, 0.4) is 0 Å². The topological polar surface area (TPSA) is 6.48 Å². The first-order valence-electron chi connectivity index (χ1n) is 5.07. The highest BCUT2D eigenvalue weighted by Crippen LogP contribution is 2.05. The van der Waals surface area contributed by atoms with Crippen LogP contribution in [0, 0.1) is 6.54 Å². The highest BCUT2D eigenvalue weighted by molar-refractivity contribution is 4.79. The van der Waals surface area contributed by atoms with Crippen molar-refractivity contribution in [2.24, 2.45) is 0 Å². The lowest BCUT2D eigenvalue weighted by atomic mass is 10.3. The molecular weight excluding hydrogens is 148 g/mol. The fraction of sp³-hybridized carbons (Fsp3) is 0.900. The molecule has 0 amide bonds. The molecule has 2 nitrogen and oxygen atoms in total. The lowest BCUT2D eigenvalue weighted by Gasteiger charge is -2.33. The van der Waals surface area contributed by atoms with Gasteiger partial charge >= 0.3 is 0 Å². The van der Waals surface area contributed by atoms with Gasteiger partial charge in [0.2, 0.25) is 0 Å². The van der Waals surface area contributed by atoms with E-state index in [4.69, 9.17) is 0 Å². The van der Waals surface area contributed by atoms with Gasteiger partial charge in [-0.05, 0) is 25.9 Å². The average Bonchev–Trinajstić information content (AvgIpc) is 2.09. The molecule has 0 spiro atoms. The molecule has 12 heavy (non-hydrogen) atoms. The van der Waals surface area contributed by atoms with Crippen molar-refractivity contribution in [3.8, 4) is 0 Å². The average molecular weight is 168 g/mol. The minimum atomic E-state index is 1.04. The van der Waals surface area contributed by atoms with E-state index in [1.807, 2.05) is 0 Å². The molecule has 0 unspecified atom stereocenters. The molecule has 2 radical (unpaired) electrons. The maximum Gasteiger partial charge on any atom is 0.0771 e. The number of rotatable bonds is 4. The highest BCUT2D eigenvalue weighted by Gasteiger charge is 2.15. The van der Waals surface area contributed by atoms with Gasteiger partial charge in [-0.2, -0.15) is 0 Å². The van der Waals surface area contributed by atoms with Gasteiger partial charge in [0.1, 0.15) is 0 Å². The van der Waals surface area contributed by atoms with Crippen LogP contribution in [0.1, 0.15) is 26.7 Å². The largest absolute Gasteiger partial charge is 0.300 e. The fourth-order valence-electron chi connectivity index (χ4n) is 1.59. The Kier molecular flexibility index (Phi) is 4.62. The normalized spacial score (nSPS) is 21.5. The third-order valence-corrected chi connectivity index (χ3v) is 2.24. The van der Waals surface area contributed by atoms with Gasteiger partial charge in [0, 0.05) is 19.6 Å². The highest BCUT2D eigenvalue weighted by atomic mass is 15.3. The van der Waals surface area contributed by atoms with Crippen LogP contribution in [0.4, 0.5) is 0 Å². The summed E-state index contributed by atoms with van der Waals surface area (Å²) in [6.07, 6.45) is 2.50. The SMILES string of the molecule is CCCN1[C]CN(CCC)CC1. The van der Waals surface area contributed by atoms with Crippen LogP contribution >= 0.6 is 0 Å². The Morgan fingerprint density at radius 1 is 1.08 bits per heavy atom. The van der Waals surface area contributed by atoms with Gasteiger partial charge in [-0.1, -0.05) is 13.8 Å². The van der Waals surface area contributed by atoms with Crippen LogP contribution in [-0.2, 0) is 0 Å². The quantitative estimate of drug-likeness (QED) is 0.627. The van der Waals surface area contributed by atoms with Crippen molar-refractivity contribution in [2.75, 3.05) is 32.7 Å². The van der Waals surface area contributed by atoms with Gasteiger partial charge in [-0.15, -0.1) is 0 Å². The molecule has 1 aliphatic heterocycles. The van der Waals surface area contributed by atoms with E-state index in [9.17, 15) is 0 Å². The molecule has 0 N–H and O–H groups in total. The number of hydrogen-bond donors (Lipinski definition) is 0. The van der Waals surface area contributed by atoms with Crippen molar-refractivity contribution >= 4 is 0 Å². The van der Waals surface area contributed by atoms with Crippen molar-refractivity contribution in [3.05, 3.63) is 6.54 Å². The van der Waals surface area contributed by atoms with Crippen LogP contribution < -0.4 is 0 Å². The summed E-state index contributed by atoms with van der Waals surface area (Å²) in [5.41, 5.74) is 0. The van der Waals surface area contributed by atoms with Crippen LogP contribution in [0.2, 0.25) is 0 Å². The molecular formula is C10H20N2. The minimum Gasteiger partial charge on any atom is -0.300 e. The van der Waals surface area contributed by atoms with Crippen LogP contribution in [-0.4, -0.2) is 42.5 Å². The molecule has 2 heteroatoms. The number of piperazine rings is 1. The molecule has 0 aliphatic carbocycles. The van der Waals surface area contributed by atoms with Crippen LogP contribution in [0.15, 0.2) is 0 Å². The second kappa shape index (κ2) is 5.55. The third kappa shape index (κ3) is 3.11. The zero-order valence-electron chi connectivity index (χ0n) is 8.34. The van der Waals surface area contributed by atoms with E-state index < -0.39 is 0 Å². The summed E-state index contributed by atoms with van der Waals surface area (Å²) in [6.45, 7) is 13.7. The molecule has 1 rings (SSSR count). The number of nitrogens with zero attached hydrogens (tertiary/aromatic N) is 2. The first-order valence-corrected chi connectivity index (χ1v) is 5.07. The Morgan fingerprint density at radius 3 is 2.33 bits per heavy atom. The van der Waals surface area contributed by atoms with Gasteiger partial charge < -0.3 is 4.90 Å². The van der Waals surface area contributed by atoms with Crippen molar-refractivity contribution in [3.63, 3.8) is 0 Å². The predicted octanol–water partition coefficient (Wildman–Crippen LogP) is 1.46. The molecule has 0 aromatic carbocycles. The van der Waals surface area contributed by atoms with E-state index in [1.165, 1.54) is 39.0 Å². The molecule has 70 valence electrons. The molecule has 1 saturated heterocycles. The number of hydrogen-bond acceptors (Lipinski definition) is 2. The summed E-state index contributed by atoms with van der Waals surface area (Å²) < 4.78 is 0. The Hall–Kier alpha value is -0.0800. The Labute approximate surface area is 76.5 Å². The van der Waals surface area contributed by atoms with Gasteiger partial charge in [-0.25, -0.2) is 0 Å². The summed E-state index contributed by atoms with van der Waals surface area (Å²) in [6, 6.07) is 0. The van der Waals surface area contributed by atoms with Gasteiger partial charge in [0.05, 0.1) is 6.54 Å². The maximum absolute atomic E-state index is 3.41. The first-order chi connectivity index (χ1) is 5.86. The Balaban J connectivity index is 2.11. The molecule has 0 saturated carbocycles. The monoisotopic (exact) mass is 168 g/mol. The van der Waals surface area contributed by atoms with E-state index >= 15 is 0 Å². The molecule has 0 bridgehead atoms. The molecule has 0 atom stereocenters. The molecule has 0 aromatic heterocycles. The Bertz CT molecular complexity index is 92.4. The van der Waals surface area contributed by atoms with Crippen molar-refractivity contribution in [1.82, 2.24) is 9.80 Å². The predicted molar refractivity (Wildman–Crippen MR) is 51.8 cm³/mol. The molecule has 1 aliphatic rings. The second-order valence-corrected chi connectivity index (χ2v) is 3.42. The first kappa shape index (κ1) is 10.0. The zero-order chi connectivity index (χ0) is 8.81. The van der Waals surface area contributed by atoms with E-state index in [0.717, 1.165) is 6.54 Å². The van der Waals surface area contributed by atoms with E-state index in [0.29, 0.717) is 0 Å². The lowest BCUT2D eigenvalue weighted by Crippen LogP contribution is -2.43. The van der Waals surface area contributed by atoms with Gasteiger partial charge in [0.15, 0.2) is 0 Å². The van der Waals surface area contributed by atoms with E-state index in [-0.39, 0.29) is 0 Å². The summed E-state index contributed by atoms with van der Waals surface area (Å²) in [7, 11) is 0. The van der Waals surface area contributed by atoms with E-state index in [2.05, 4.69) is 30.2 Å². The zero-order valence-corrected chi connectivity index (χ0v) is 8.34. The summed E-state index contributed by atoms with van der Waals surface area (Å²) in [5.74, 6) is 0. The minimum absolute atomic E-state index is 1.04. The molecule has 1 heterocycles. The summed E-state index contributed by atoms with van der Waals surface area (Å²) >= 11 is 0. The standard InChI is InChI=1S/C10H20N2/c1-3-5-11-7-9-12(6-4-2)10-8-11/h3-9H2,1-2H3. The fourth-order valence-corrected chi connectivity index (χ4v) is 1.59. The maximum atomic E-state index is 3.41. The molecule has 1 fully saturated rings. The summed E-state index contributed by atoms with van der Waals surface area (Å²) in [4.78, 5) is 4.79. The smallest absolute Gasteiger partial charge is 0.0771 e. The van der Waals surface area contributed by atoms with Gasteiger partial charge in [-0.3, -0.25) is 4.90 Å². The second-order valence-electron chi connectivity index (χ2n) is 3.42. The van der Waals surface area contributed by atoms with Crippen LogP contribution in [0.5, 0.6) is 0 Å². The van der Waals surface area contributed by atoms with E-state index in [1.54, 1.807) is 0 Å². The van der Waals surface area contributed by atoms with Crippen molar-refractivity contribution in [1.29, 1.82) is 0 Å². The molecule has 0 aromatic rings. The van der Waals surface area contributed by atoms with Crippen molar-refractivity contribution < 1.29 is 0 Å². The third-order valence-electron chi connectivity index (χ3n) is 2.24. The van der Waals surface area contributed by atoms with Crippen molar-refractivity contribution in [2.45, 2.75) is 26.7 Å².